The molecule has 1 saturated heterocycles. The van der Waals surface area contributed by atoms with Crippen LogP contribution in [0.5, 0.6) is 5.75 Å². The van der Waals surface area contributed by atoms with Crippen LogP contribution in [0.25, 0.3) is 11.3 Å². The van der Waals surface area contributed by atoms with Gasteiger partial charge in [0.05, 0.1) is 12.5 Å². The van der Waals surface area contributed by atoms with E-state index in [-0.39, 0.29) is 5.75 Å². The molecule has 1 fully saturated rings. The van der Waals surface area contributed by atoms with Gasteiger partial charge in [0.1, 0.15) is 5.69 Å². The molecular weight excluding hydrogens is 426 g/mol. The van der Waals surface area contributed by atoms with E-state index in [0.29, 0.717) is 11.4 Å². The lowest BCUT2D eigenvalue weighted by molar-refractivity contribution is -0.186. The fourth-order valence-electron chi connectivity index (χ4n) is 3.22. The van der Waals surface area contributed by atoms with Gasteiger partial charge in [-0.15, -0.1) is 11.8 Å². The zero-order valence-corrected chi connectivity index (χ0v) is 18.3. The van der Waals surface area contributed by atoms with Crippen molar-refractivity contribution in [1.82, 2.24) is 4.98 Å². The summed E-state index contributed by atoms with van der Waals surface area (Å²) < 4.78 is 27.6. The molecule has 0 N–H and O–H groups in total. The minimum atomic E-state index is -1.02. The van der Waals surface area contributed by atoms with Crippen molar-refractivity contribution < 1.29 is 37.7 Å². The normalized spacial score (nSPS) is 23.0. The Balaban J connectivity index is 1.95. The Kier molecular flexibility index (Phi) is 7.21. The maximum Gasteiger partial charge on any atom is 0.303 e. The maximum absolute atomic E-state index is 11.8. The van der Waals surface area contributed by atoms with Crippen LogP contribution in [-0.2, 0) is 28.6 Å². The third-order valence-corrected chi connectivity index (χ3v) is 5.65. The molecule has 9 nitrogen and oxygen atoms in total. The SMILES string of the molecule is CC(=O)O[C@@H]1[C@@H](OC(C)=O)[C@H](OC(C)=O)CS[C@H]1Oc1c(C)ccnc1-c1ccoc1. The number of esters is 3. The van der Waals surface area contributed by atoms with Crippen LogP contribution >= 0.6 is 11.8 Å². The first kappa shape index (κ1) is 22.7. The molecule has 0 radical (unpaired) electrons. The molecule has 166 valence electrons. The van der Waals surface area contributed by atoms with Gasteiger partial charge in [-0.1, -0.05) is 0 Å². The van der Waals surface area contributed by atoms with Gasteiger partial charge in [-0.2, -0.15) is 0 Å². The van der Waals surface area contributed by atoms with Gasteiger partial charge >= 0.3 is 17.9 Å². The van der Waals surface area contributed by atoms with Crippen LogP contribution < -0.4 is 4.74 Å². The highest BCUT2D eigenvalue weighted by Gasteiger charge is 2.48. The van der Waals surface area contributed by atoms with Crippen molar-refractivity contribution in [2.24, 2.45) is 0 Å². The van der Waals surface area contributed by atoms with Gasteiger partial charge in [-0.25, -0.2) is 0 Å². The molecule has 10 heteroatoms. The van der Waals surface area contributed by atoms with Gasteiger partial charge in [0.25, 0.3) is 0 Å². The number of ether oxygens (including phenoxy) is 4. The molecule has 0 aliphatic carbocycles. The zero-order chi connectivity index (χ0) is 22.5. The Hall–Kier alpha value is -3.01. The van der Waals surface area contributed by atoms with Gasteiger partial charge in [-0.05, 0) is 24.6 Å². The zero-order valence-electron chi connectivity index (χ0n) is 17.5. The van der Waals surface area contributed by atoms with Crippen molar-refractivity contribution in [1.29, 1.82) is 0 Å². The lowest BCUT2D eigenvalue weighted by Crippen LogP contribution is -2.55. The van der Waals surface area contributed by atoms with Gasteiger partial charge in [0.15, 0.2) is 29.5 Å². The quantitative estimate of drug-likeness (QED) is 0.482. The van der Waals surface area contributed by atoms with Crippen molar-refractivity contribution in [2.45, 2.75) is 51.4 Å². The molecule has 2 aromatic rings. The van der Waals surface area contributed by atoms with E-state index in [9.17, 15) is 14.4 Å². The van der Waals surface area contributed by atoms with Crippen LogP contribution in [0.15, 0.2) is 35.3 Å². The standard InChI is InChI=1S/C21H23NO8S/c1-11-5-7-22-17(15-6-8-26-9-15)18(11)30-21-20(29-14(4)25)19(28-13(3)24)16(10-31-21)27-12(2)23/h5-9,16,19-21H,10H2,1-4H3/t16-,19+,20-,21-/m1/s1. The van der Waals surface area contributed by atoms with Gasteiger partial charge in [-0.3, -0.25) is 19.4 Å². The Morgan fingerprint density at radius 1 is 1.03 bits per heavy atom. The fraction of sp³-hybridized carbons (Fsp3) is 0.429. The van der Waals surface area contributed by atoms with E-state index in [2.05, 4.69) is 4.98 Å². The number of pyridine rings is 1. The average Bonchev–Trinajstić information content (AvgIpc) is 3.21. The summed E-state index contributed by atoms with van der Waals surface area (Å²) >= 11 is 1.28. The number of nitrogens with zero attached hydrogens (tertiary/aromatic N) is 1. The predicted octanol–water partition coefficient (Wildman–Crippen LogP) is 2.90. The molecule has 0 amide bonds. The van der Waals surface area contributed by atoms with Crippen LogP contribution in [0.2, 0.25) is 0 Å². The molecule has 2 aromatic heterocycles. The van der Waals surface area contributed by atoms with Crippen molar-refractivity contribution in [3.8, 4) is 17.0 Å². The molecule has 3 rings (SSSR count). The molecule has 31 heavy (non-hydrogen) atoms. The minimum absolute atomic E-state index is 0.278. The number of rotatable bonds is 6. The van der Waals surface area contributed by atoms with Crippen LogP contribution in [-0.4, -0.2) is 52.4 Å². The monoisotopic (exact) mass is 449 g/mol. The number of carbonyl (C=O) groups excluding carboxylic acids is 3. The highest BCUT2D eigenvalue weighted by molar-refractivity contribution is 7.99. The summed E-state index contributed by atoms with van der Waals surface area (Å²) in [5.41, 5.74) is 1.34. The van der Waals surface area contributed by atoms with E-state index in [1.165, 1.54) is 38.8 Å². The number of furan rings is 1. The first-order chi connectivity index (χ1) is 14.8. The van der Waals surface area contributed by atoms with Crippen molar-refractivity contribution in [3.63, 3.8) is 0 Å². The van der Waals surface area contributed by atoms with Gasteiger partial charge in [0.2, 0.25) is 0 Å². The summed E-state index contributed by atoms with van der Waals surface area (Å²) in [6.45, 7) is 5.60. The third-order valence-electron chi connectivity index (χ3n) is 4.43. The van der Waals surface area contributed by atoms with Gasteiger partial charge in [0, 0.05) is 38.3 Å². The topological polar surface area (TPSA) is 114 Å². The number of hydrogen-bond donors (Lipinski definition) is 0. The van der Waals surface area contributed by atoms with Crippen LogP contribution in [0, 0.1) is 6.92 Å². The Labute approximate surface area is 183 Å². The summed E-state index contributed by atoms with van der Waals surface area (Å²) in [5, 5.41) is 0. The van der Waals surface area contributed by atoms with E-state index in [1.54, 1.807) is 24.6 Å². The smallest absolute Gasteiger partial charge is 0.303 e. The molecule has 0 unspecified atom stereocenters. The van der Waals surface area contributed by atoms with E-state index < -0.39 is 41.7 Å². The maximum atomic E-state index is 11.8. The summed E-state index contributed by atoms with van der Waals surface area (Å²) in [4.78, 5) is 39.5. The summed E-state index contributed by atoms with van der Waals surface area (Å²) in [7, 11) is 0. The molecule has 0 spiro atoms. The van der Waals surface area contributed by atoms with Crippen LogP contribution in [0.3, 0.4) is 0 Å². The largest absolute Gasteiger partial charge is 0.473 e. The highest BCUT2D eigenvalue weighted by Crippen LogP contribution is 2.38. The lowest BCUT2D eigenvalue weighted by Gasteiger charge is -2.40. The Morgan fingerprint density at radius 2 is 1.71 bits per heavy atom. The number of aryl methyl sites for hydroxylation is 1. The average molecular weight is 449 g/mol. The molecule has 1 aliphatic rings. The van der Waals surface area contributed by atoms with Gasteiger partial charge < -0.3 is 23.4 Å². The second kappa shape index (κ2) is 9.86. The lowest BCUT2D eigenvalue weighted by atomic mass is 10.1. The molecule has 3 heterocycles. The van der Waals surface area contributed by atoms with Crippen molar-refractivity contribution >= 4 is 29.7 Å². The van der Waals surface area contributed by atoms with E-state index in [4.69, 9.17) is 23.4 Å². The van der Waals surface area contributed by atoms with E-state index in [0.717, 1.165) is 11.1 Å². The summed E-state index contributed by atoms with van der Waals surface area (Å²) in [6, 6.07) is 3.54. The first-order valence-electron chi connectivity index (χ1n) is 9.54. The van der Waals surface area contributed by atoms with Crippen molar-refractivity contribution in [3.05, 3.63) is 36.4 Å². The summed E-state index contributed by atoms with van der Waals surface area (Å²) in [6.07, 6.45) is 1.90. The van der Waals surface area contributed by atoms with Crippen LogP contribution in [0.1, 0.15) is 26.3 Å². The molecule has 0 bridgehead atoms. The van der Waals surface area contributed by atoms with E-state index >= 15 is 0 Å². The summed E-state index contributed by atoms with van der Waals surface area (Å²) in [5.74, 6) is -0.958. The Morgan fingerprint density at radius 3 is 2.32 bits per heavy atom. The van der Waals surface area contributed by atoms with Crippen LogP contribution in [0.4, 0.5) is 0 Å². The Bertz CT molecular complexity index is 945. The first-order valence-corrected chi connectivity index (χ1v) is 10.6. The molecule has 0 saturated carbocycles. The minimum Gasteiger partial charge on any atom is -0.473 e. The molecule has 4 atom stereocenters. The second-order valence-corrected chi connectivity index (χ2v) is 8.06. The van der Waals surface area contributed by atoms with Crippen molar-refractivity contribution in [2.75, 3.05) is 5.75 Å². The van der Waals surface area contributed by atoms with E-state index in [1.807, 2.05) is 6.92 Å². The third kappa shape index (κ3) is 5.57. The predicted molar refractivity (Wildman–Crippen MR) is 110 cm³/mol. The molecular formula is C21H23NO8S. The highest BCUT2D eigenvalue weighted by atomic mass is 32.2. The number of aromatic nitrogens is 1. The molecule has 1 aliphatic heterocycles. The number of hydrogen-bond acceptors (Lipinski definition) is 10. The second-order valence-electron chi connectivity index (χ2n) is 6.93. The fourth-order valence-corrected chi connectivity index (χ4v) is 4.43. The number of carbonyl (C=O) groups is 3. The molecule has 0 aromatic carbocycles. The number of thioether (sulfide) groups is 1.